The largest absolute Gasteiger partial charge is 0.432 e. The highest BCUT2D eigenvalue weighted by atomic mass is 35.5. The van der Waals surface area contributed by atoms with Crippen LogP contribution in [0.2, 0.25) is 5.02 Å². The monoisotopic (exact) mass is 471 g/mol. The van der Waals surface area contributed by atoms with Gasteiger partial charge in [-0.05, 0) is 24.3 Å². The summed E-state index contributed by atoms with van der Waals surface area (Å²) in [6.45, 7) is -2.99. The van der Waals surface area contributed by atoms with Crippen molar-refractivity contribution in [2.24, 2.45) is 7.05 Å². The molecule has 2 N–H and O–H groups in total. The first-order chi connectivity index (χ1) is 14.5. The van der Waals surface area contributed by atoms with Crippen LogP contribution in [0.1, 0.15) is 10.4 Å². The summed E-state index contributed by atoms with van der Waals surface area (Å²) >= 11 is 6.00. The van der Waals surface area contributed by atoms with Crippen LogP contribution in [-0.2, 0) is 17.1 Å². The lowest BCUT2D eigenvalue weighted by Crippen LogP contribution is -2.13. The molecule has 164 valence electrons. The van der Waals surface area contributed by atoms with Crippen molar-refractivity contribution in [3.8, 4) is 17.3 Å². The standard InChI is InChI=1S/C18H16ClF2N5O4S/c1-26-9-10(3-15(26)16-22-7-14(8-23-16)30-18(20)21)17(27)24-12-4-11(19)5-13(6-12)25-31(2,28)29/h3-9,18,25H,1-2H3,(H,24,27). The van der Waals surface area contributed by atoms with E-state index in [0.29, 0.717) is 5.69 Å². The molecule has 0 atom stereocenters. The van der Waals surface area contributed by atoms with Gasteiger partial charge in [0.05, 0.1) is 35.6 Å². The maximum atomic E-state index is 12.6. The Kier molecular flexibility index (Phi) is 6.41. The van der Waals surface area contributed by atoms with Crippen LogP contribution in [0.4, 0.5) is 20.2 Å². The average Bonchev–Trinajstić information content (AvgIpc) is 3.02. The van der Waals surface area contributed by atoms with Crippen molar-refractivity contribution < 1.29 is 26.7 Å². The maximum Gasteiger partial charge on any atom is 0.387 e. The third-order valence-electron chi connectivity index (χ3n) is 3.81. The SMILES string of the molecule is Cn1cc(C(=O)Nc2cc(Cl)cc(NS(C)(=O)=O)c2)cc1-c1ncc(OC(F)F)cn1. The molecule has 3 rings (SSSR count). The molecule has 0 saturated carbocycles. The number of sulfonamides is 1. The number of benzene rings is 1. The highest BCUT2D eigenvalue weighted by molar-refractivity contribution is 7.92. The number of amides is 1. The first kappa shape index (κ1) is 22.4. The minimum Gasteiger partial charge on any atom is -0.432 e. The third-order valence-corrected chi connectivity index (χ3v) is 4.63. The van der Waals surface area contributed by atoms with Gasteiger partial charge in [-0.15, -0.1) is 0 Å². The highest BCUT2D eigenvalue weighted by Gasteiger charge is 2.15. The van der Waals surface area contributed by atoms with Gasteiger partial charge in [-0.1, -0.05) is 11.6 Å². The Labute approximate surface area is 181 Å². The molecule has 0 fully saturated rings. The number of carbonyl (C=O) groups is 1. The fraction of sp³-hybridized carbons (Fsp3) is 0.167. The van der Waals surface area contributed by atoms with Crippen molar-refractivity contribution in [2.45, 2.75) is 6.61 Å². The molecule has 0 saturated heterocycles. The van der Waals surface area contributed by atoms with Crippen LogP contribution in [-0.4, -0.2) is 41.7 Å². The molecule has 9 nitrogen and oxygen atoms in total. The number of aromatic nitrogens is 3. The predicted molar refractivity (Wildman–Crippen MR) is 111 cm³/mol. The van der Waals surface area contributed by atoms with Crippen molar-refractivity contribution in [1.29, 1.82) is 0 Å². The number of ether oxygens (including phenoxy) is 1. The lowest BCUT2D eigenvalue weighted by atomic mass is 10.2. The van der Waals surface area contributed by atoms with E-state index in [1.807, 2.05) is 0 Å². The lowest BCUT2D eigenvalue weighted by molar-refractivity contribution is -0.0503. The molecule has 0 aliphatic heterocycles. The van der Waals surface area contributed by atoms with Gasteiger partial charge in [0, 0.05) is 24.0 Å². The summed E-state index contributed by atoms with van der Waals surface area (Å²) in [5, 5.41) is 2.85. The summed E-state index contributed by atoms with van der Waals surface area (Å²) < 4.78 is 55.4. The van der Waals surface area contributed by atoms with E-state index in [2.05, 4.69) is 24.7 Å². The Morgan fingerprint density at radius 3 is 2.42 bits per heavy atom. The Hall–Kier alpha value is -3.25. The highest BCUT2D eigenvalue weighted by Crippen LogP contribution is 2.25. The van der Waals surface area contributed by atoms with Gasteiger partial charge in [0.1, 0.15) is 0 Å². The van der Waals surface area contributed by atoms with E-state index in [4.69, 9.17) is 11.6 Å². The molecule has 31 heavy (non-hydrogen) atoms. The number of aryl methyl sites for hydroxylation is 1. The first-order valence-electron chi connectivity index (χ1n) is 8.53. The molecule has 0 aliphatic rings. The van der Waals surface area contributed by atoms with E-state index in [1.54, 1.807) is 11.6 Å². The predicted octanol–water partition coefficient (Wildman–Crippen LogP) is 3.36. The molecule has 0 spiro atoms. The molecule has 1 amide bonds. The molecule has 1 aromatic carbocycles. The summed E-state index contributed by atoms with van der Waals surface area (Å²) in [5.74, 6) is -0.483. The summed E-state index contributed by atoms with van der Waals surface area (Å²) in [6.07, 6.45) is 4.72. The Morgan fingerprint density at radius 2 is 1.81 bits per heavy atom. The molecule has 0 unspecified atom stereocenters. The smallest absolute Gasteiger partial charge is 0.387 e. The third kappa shape index (κ3) is 6.12. The van der Waals surface area contributed by atoms with E-state index in [0.717, 1.165) is 18.6 Å². The van der Waals surface area contributed by atoms with E-state index in [1.165, 1.54) is 30.5 Å². The van der Waals surface area contributed by atoms with Crippen LogP contribution in [0.3, 0.4) is 0 Å². The summed E-state index contributed by atoms with van der Waals surface area (Å²) in [4.78, 5) is 20.6. The van der Waals surface area contributed by atoms with Crippen molar-refractivity contribution in [3.63, 3.8) is 0 Å². The molecular weight excluding hydrogens is 456 g/mol. The van der Waals surface area contributed by atoms with Crippen LogP contribution in [0, 0.1) is 0 Å². The van der Waals surface area contributed by atoms with E-state index in [-0.39, 0.29) is 33.5 Å². The van der Waals surface area contributed by atoms with Gasteiger partial charge in [-0.3, -0.25) is 9.52 Å². The van der Waals surface area contributed by atoms with E-state index in [9.17, 15) is 22.0 Å². The van der Waals surface area contributed by atoms with Crippen molar-refractivity contribution in [3.05, 3.63) is 53.4 Å². The Bertz CT molecular complexity index is 1220. The number of nitrogens with zero attached hydrogens (tertiary/aromatic N) is 3. The molecule has 2 heterocycles. The van der Waals surface area contributed by atoms with Crippen LogP contribution >= 0.6 is 11.6 Å². The summed E-state index contributed by atoms with van der Waals surface area (Å²) in [5.41, 5.74) is 1.18. The second kappa shape index (κ2) is 8.86. The quantitative estimate of drug-likeness (QED) is 0.546. The normalized spacial score (nSPS) is 11.4. The van der Waals surface area contributed by atoms with Crippen molar-refractivity contribution in [2.75, 3.05) is 16.3 Å². The molecule has 0 aliphatic carbocycles. The fourth-order valence-electron chi connectivity index (χ4n) is 2.66. The fourth-order valence-corrected chi connectivity index (χ4v) is 3.44. The number of anilines is 2. The van der Waals surface area contributed by atoms with Crippen molar-refractivity contribution in [1.82, 2.24) is 14.5 Å². The molecule has 0 bridgehead atoms. The number of hydrogen-bond donors (Lipinski definition) is 2. The van der Waals surface area contributed by atoms with Crippen LogP contribution in [0.25, 0.3) is 11.5 Å². The van der Waals surface area contributed by atoms with Gasteiger partial charge in [0.25, 0.3) is 5.91 Å². The lowest BCUT2D eigenvalue weighted by Gasteiger charge is -2.09. The molecule has 0 radical (unpaired) electrons. The second-order valence-electron chi connectivity index (χ2n) is 6.40. The van der Waals surface area contributed by atoms with E-state index >= 15 is 0 Å². The number of carbonyl (C=O) groups excluding carboxylic acids is 1. The van der Waals surface area contributed by atoms with Gasteiger partial charge in [0.15, 0.2) is 11.6 Å². The Morgan fingerprint density at radius 1 is 1.16 bits per heavy atom. The van der Waals surface area contributed by atoms with Crippen LogP contribution < -0.4 is 14.8 Å². The second-order valence-corrected chi connectivity index (χ2v) is 8.59. The van der Waals surface area contributed by atoms with Gasteiger partial charge >= 0.3 is 6.61 Å². The number of halogens is 3. The first-order valence-corrected chi connectivity index (χ1v) is 10.8. The molecule has 3 aromatic rings. The number of alkyl halides is 2. The minimum atomic E-state index is -3.52. The zero-order valence-electron chi connectivity index (χ0n) is 16.1. The maximum absolute atomic E-state index is 12.6. The van der Waals surface area contributed by atoms with Gasteiger partial charge in [-0.25, -0.2) is 18.4 Å². The van der Waals surface area contributed by atoms with Gasteiger partial charge in [0.2, 0.25) is 10.0 Å². The zero-order valence-corrected chi connectivity index (χ0v) is 17.7. The van der Waals surface area contributed by atoms with Gasteiger partial charge < -0.3 is 14.6 Å². The van der Waals surface area contributed by atoms with Crippen LogP contribution in [0.15, 0.2) is 42.9 Å². The topological polar surface area (TPSA) is 115 Å². The zero-order chi connectivity index (χ0) is 22.8. The number of nitrogens with one attached hydrogen (secondary N) is 2. The average molecular weight is 472 g/mol. The molecule has 2 aromatic heterocycles. The molecule has 13 heteroatoms. The minimum absolute atomic E-state index is 0.189. The summed E-state index contributed by atoms with van der Waals surface area (Å²) in [7, 11) is -1.86. The van der Waals surface area contributed by atoms with Gasteiger partial charge in [-0.2, -0.15) is 8.78 Å². The summed E-state index contributed by atoms with van der Waals surface area (Å²) in [6, 6.07) is 5.79. The van der Waals surface area contributed by atoms with E-state index < -0.39 is 22.5 Å². The number of hydrogen-bond acceptors (Lipinski definition) is 6. The molecular formula is C18H16ClF2N5O4S. The number of rotatable bonds is 7. The van der Waals surface area contributed by atoms with Crippen LogP contribution in [0.5, 0.6) is 5.75 Å². The van der Waals surface area contributed by atoms with Crippen molar-refractivity contribution >= 4 is 38.9 Å². The Balaban J connectivity index is 1.80.